The van der Waals surface area contributed by atoms with Gasteiger partial charge in [-0.1, -0.05) is 0 Å². The van der Waals surface area contributed by atoms with Gasteiger partial charge in [0.2, 0.25) is 0 Å². The average Bonchev–Trinajstić information content (AvgIpc) is 0. The molecule has 0 amide bonds. The third-order valence-electron chi connectivity index (χ3n) is 0. The van der Waals surface area contributed by atoms with Crippen molar-refractivity contribution >= 4 is 12.4 Å². The second-order valence-corrected chi connectivity index (χ2v) is 0. The maximum atomic E-state index is 0. The van der Waals surface area contributed by atoms with E-state index in [0.29, 0.717) is 0 Å². The molecular weight excluding hydrogens is 164 g/mol. The third kappa shape index (κ3) is 13.3. The van der Waals surface area contributed by atoms with E-state index in [1.807, 2.05) is 0 Å². The van der Waals surface area contributed by atoms with Crippen LogP contribution >= 0.6 is 12.4 Å². The number of halogens is 2. The zero-order valence-electron chi connectivity index (χ0n) is 1.90. The predicted molar refractivity (Wildman–Crippen MR) is 12.3 cm³/mol. The molecule has 3 N–H and O–H groups in total. The Kier molecular flexibility index (Phi) is 1020. The van der Waals surface area contributed by atoms with Crippen LogP contribution in [-0.2, 0) is 21.1 Å². The first-order chi connectivity index (χ1) is 0. The van der Waals surface area contributed by atoms with Gasteiger partial charge in [-0.3, -0.25) is 0 Å². The fraction of sp³-hybridized carbons (Fsp3) is 0. The van der Waals surface area contributed by atoms with E-state index in [9.17, 15) is 0 Å². The van der Waals surface area contributed by atoms with Gasteiger partial charge in [-0.15, -0.1) is 12.4 Å². The molecule has 0 aromatic heterocycles. The van der Waals surface area contributed by atoms with Crippen molar-refractivity contribution in [2.45, 2.75) is 0 Å². The Hall–Kier alpha value is 0.868. The van der Waals surface area contributed by atoms with E-state index in [1.54, 1.807) is 0 Å². The summed E-state index contributed by atoms with van der Waals surface area (Å²) in [6, 6.07) is 0. The van der Waals surface area contributed by atoms with Crippen molar-refractivity contribution in [2.75, 3.05) is 0 Å². The largest absolute Gasteiger partial charge is 1.00 e. The molecule has 0 aliphatic heterocycles. The first kappa shape index (κ1) is 96.6. The molecule has 0 radical (unpaired) electrons. The average molecular weight is 168 g/mol. The van der Waals surface area contributed by atoms with Crippen molar-refractivity contribution in [3.8, 4) is 0 Å². The maximum Gasteiger partial charge on any atom is 0 e. The molecule has 0 bridgehead atoms. The summed E-state index contributed by atoms with van der Waals surface area (Å²) in [7, 11) is 0. The molecule has 0 atom stereocenters. The minimum absolute atomic E-state index is 0. The first-order valence-electron chi connectivity index (χ1n) is 0. The summed E-state index contributed by atoms with van der Waals surface area (Å²) < 4.78 is 0. The molecule has 0 aliphatic rings. The minimum Gasteiger partial charge on any atom is -1.00 e. The van der Waals surface area contributed by atoms with E-state index < -0.39 is 0 Å². The summed E-state index contributed by atoms with van der Waals surface area (Å²) in [5.41, 5.74) is 0. The van der Waals surface area contributed by atoms with Crippen molar-refractivity contribution in [3.63, 3.8) is 0 Å². The van der Waals surface area contributed by atoms with Crippen LogP contribution in [0.15, 0.2) is 0 Å². The molecule has 0 rings (SSSR count). The SMILES string of the molecule is Cl.N.[F-].[Mo]. The van der Waals surface area contributed by atoms with Crippen LogP contribution in [0.2, 0.25) is 0 Å². The number of rotatable bonds is 0. The van der Waals surface area contributed by atoms with Crippen LogP contribution in [0.1, 0.15) is 0 Å². The Balaban J connectivity index is 0. The van der Waals surface area contributed by atoms with Crippen LogP contribution in [0.25, 0.3) is 0 Å². The van der Waals surface area contributed by atoms with Crippen LogP contribution in [0.5, 0.6) is 0 Å². The van der Waals surface area contributed by atoms with Gasteiger partial charge < -0.3 is 10.9 Å². The Morgan fingerprint density at radius 1 is 1.00 bits per heavy atom. The molecular formula is H4ClFMoN-. The first-order valence-corrected chi connectivity index (χ1v) is 0. The van der Waals surface area contributed by atoms with Gasteiger partial charge >= 0.3 is 0 Å². The van der Waals surface area contributed by atoms with Crippen LogP contribution < -0.4 is 10.9 Å². The molecule has 0 fully saturated rings. The van der Waals surface area contributed by atoms with Gasteiger partial charge in [0.15, 0.2) is 0 Å². The standard InChI is InChI=1S/ClH.FH.Mo.H3N/h2*1H;;1H3/p-1. The Labute approximate surface area is 44.8 Å². The third-order valence-corrected chi connectivity index (χ3v) is 0. The quantitative estimate of drug-likeness (QED) is 0.402. The van der Waals surface area contributed by atoms with E-state index in [0.717, 1.165) is 0 Å². The molecule has 0 unspecified atom stereocenters. The summed E-state index contributed by atoms with van der Waals surface area (Å²) >= 11 is 0. The molecule has 0 heterocycles. The summed E-state index contributed by atoms with van der Waals surface area (Å²) in [6.45, 7) is 0. The van der Waals surface area contributed by atoms with E-state index in [-0.39, 0.29) is 44.3 Å². The van der Waals surface area contributed by atoms with Crippen molar-refractivity contribution in [2.24, 2.45) is 0 Å². The Bertz CT molecular complexity index is 8.00. The number of hydrogen-bond donors (Lipinski definition) is 1. The normalized spacial score (nSPS) is 0. The van der Waals surface area contributed by atoms with E-state index in [2.05, 4.69) is 0 Å². The van der Waals surface area contributed by atoms with Gasteiger partial charge in [0.05, 0.1) is 0 Å². The summed E-state index contributed by atoms with van der Waals surface area (Å²) in [5.74, 6) is 0. The molecule has 4 heteroatoms. The zero-order valence-corrected chi connectivity index (χ0v) is 4.73. The molecule has 0 aliphatic carbocycles. The van der Waals surface area contributed by atoms with Crippen LogP contribution in [0.3, 0.4) is 0 Å². The monoisotopic (exact) mass is 170 g/mol. The van der Waals surface area contributed by atoms with Gasteiger partial charge in [-0.05, 0) is 0 Å². The van der Waals surface area contributed by atoms with E-state index >= 15 is 0 Å². The zero-order chi connectivity index (χ0) is 0. The molecule has 30 valence electrons. The fourth-order valence-electron chi connectivity index (χ4n) is 0. The van der Waals surface area contributed by atoms with Crippen molar-refractivity contribution in [1.29, 1.82) is 0 Å². The smallest absolute Gasteiger partial charge is 0 e. The molecule has 0 aromatic rings. The van der Waals surface area contributed by atoms with Crippen LogP contribution in [0, 0.1) is 0 Å². The van der Waals surface area contributed by atoms with E-state index in [1.165, 1.54) is 0 Å². The topological polar surface area (TPSA) is 35.0 Å². The number of hydrogen-bond acceptors (Lipinski definition) is 1. The molecule has 1 nitrogen and oxygen atoms in total. The van der Waals surface area contributed by atoms with Crippen molar-refractivity contribution in [3.05, 3.63) is 0 Å². The Morgan fingerprint density at radius 3 is 1.00 bits per heavy atom. The second kappa shape index (κ2) is 42.2. The van der Waals surface area contributed by atoms with Crippen molar-refractivity contribution < 1.29 is 25.8 Å². The minimum atomic E-state index is 0. The summed E-state index contributed by atoms with van der Waals surface area (Å²) in [5, 5.41) is 0. The van der Waals surface area contributed by atoms with Gasteiger partial charge in [-0.2, -0.15) is 0 Å². The Morgan fingerprint density at radius 2 is 1.00 bits per heavy atom. The molecule has 0 aromatic carbocycles. The predicted octanol–water partition coefficient (Wildman–Crippen LogP) is -2.41. The summed E-state index contributed by atoms with van der Waals surface area (Å²) in [6.07, 6.45) is 0. The summed E-state index contributed by atoms with van der Waals surface area (Å²) in [4.78, 5) is 0. The van der Waals surface area contributed by atoms with Gasteiger partial charge in [0, 0.05) is 21.1 Å². The van der Waals surface area contributed by atoms with Gasteiger partial charge in [-0.25, -0.2) is 0 Å². The second-order valence-electron chi connectivity index (χ2n) is 0. The van der Waals surface area contributed by atoms with Gasteiger partial charge in [0.25, 0.3) is 0 Å². The fourth-order valence-corrected chi connectivity index (χ4v) is 0. The van der Waals surface area contributed by atoms with E-state index in [4.69, 9.17) is 0 Å². The van der Waals surface area contributed by atoms with Crippen LogP contribution in [0.4, 0.5) is 0 Å². The molecule has 0 saturated heterocycles. The van der Waals surface area contributed by atoms with Crippen molar-refractivity contribution in [1.82, 2.24) is 6.15 Å². The molecule has 0 saturated carbocycles. The molecule has 0 spiro atoms. The molecule has 4 heavy (non-hydrogen) atoms. The maximum absolute atomic E-state index is 0. The van der Waals surface area contributed by atoms with Crippen LogP contribution in [-0.4, -0.2) is 0 Å². The van der Waals surface area contributed by atoms with Gasteiger partial charge in [0.1, 0.15) is 0 Å².